The first-order valence-electron chi connectivity index (χ1n) is 3.83. The fourth-order valence-electron chi connectivity index (χ4n) is 1.02. The molecule has 0 heterocycles. The van der Waals surface area contributed by atoms with E-state index in [1.54, 1.807) is 14.1 Å². The minimum Gasteiger partial charge on any atom is -0.477 e. The average Bonchev–Trinajstić information content (AvgIpc) is 2.01. The topological polar surface area (TPSA) is 40.5 Å². The van der Waals surface area contributed by atoms with Crippen molar-refractivity contribution >= 4 is 11.7 Å². The summed E-state index contributed by atoms with van der Waals surface area (Å²) < 4.78 is 26.1. The molecule has 1 aromatic rings. The molecule has 0 radical (unpaired) electrons. The molecule has 14 heavy (non-hydrogen) atoms. The summed E-state index contributed by atoms with van der Waals surface area (Å²) in [6.45, 7) is 0. The van der Waals surface area contributed by atoms with Gasteiger partial charge in [0.2, 0.25) is 0 Å². The molecule has 0 aliphatic heterocycles. The van der Waals surface area contributed by atoms with Gasteiger partial charge in [0, 0.05) is 19.8 Å². The Kier molecular flexibility index (Phi) is 2.69. The zero-order valence-electron chi connectivity index (χ0n) is 7.71. The van der Waals surface area contributed by atoms with Gasteiger partial charge in [0.05, 0.1) is 0 Å². The van der Waals surface area contributed by atoms with E-state index in [1.165, 1.54) is 4.90 Å². The fourth-order valence-corrected chi connectivity index (χ4v) is 1.02. The van der Waals surface area contributed by atoms with Crippen molar-refractivity contribution in [2.75, 3.05) is 19.0 Å². The van der Waals surface area contributed by atoms with E-state index in [-0.39, 0.29) is 5.69 Å². The molecule has 0 fully saturated rings. The minimum atomic E-state index is -1.61. The van der Waals surface area contributed by atoms with Crippen LogP contribution in [-0.4, -0.2) is 25.2 Å². The minimum absolute atomic E-state index is 0.282. The number of rotatable bonds is 2. The molecule has 0 aliphatic carbocycles. The Labute approximate surface area is 79.6 Å². The van der Waals surface area contributed by atoms with E-state index < -0.39 is 23.2 Å². The number of hydrogen-bond acceptors (Lipinski definition) is 2. The highest BCUT2D eigenvalue weighted by Crippen LogP contribution is 2.20. The van der Waals surface area contributed by atoms with Gasteiger partial charge in [-0.3, -0.25) is 0 Å². The summed E-state index contributed by atoms with van der Waals surface area (Å²) in [5.74, 6) is -3.74. The molecule has 3 nitrogen and oxygen atoms in total. The van der Waals surface area contributed by atoms with Gasteiger partial charge in [-0.15, -0.1) is 0 Å². The number of aromatic carboxylic acids is 1. The third kappa shape index (κ3) is 1.81. The van der Waals surface area contributed by atoms with Crippen LogP contribution in [0.1, 0.15) is 10.4 Å². The second-order valence-corrected chi connectivity index (χ2v) is 2.98. The molecule has 0 aliphatic rings. The largest absolute Gasteiger partial charge is 0.477 e. The maximum absolute atomic E-state index is 13.1. The van der Waals surface area contributed by atoms with E-state index in [0.717, 1.165) is 12.1 Å². The molecule has 0 bridgehead atoms. The summed E-state index contributed by atoms with van der Waals surface area (Å²) in [6, 6.07) is 1.96. The van der Waals surface area contributed by atoms with Gasteiger partial charge < -0.3 is 10.0 Å². The summed E-state index contributed by atoms with van der Waals surface area (Å²) in [5, 5.41) is 8.48. The molecule has 5 heteroatoms. The lowest BCUT2D eigenvalue weighted by molar-refractivity contribution is 0.0686. The van der Waals surface area contributed by atoms with Crippen LogP contribution in [0.2, 0.25) is 0 Å². The highest BCUT2D eigenvalue weighted by Gasteiger charge is 2.17. The number of anilines is 1. The normalized spacial score (nSPS) is 10.0. The molecular weight excluding hydrogens is 192 g/mol. The fraction of sp³-hybridized carbons (Fsp3) is 0.222. The van der Waals surface area contributed by atoms with Crippen LogP contribution in [-0.2, 0) is 0 Å². The van der Waals surface area contributed by atoms with Crippen molar-refractivity contribution in [3.63, 3.8) is 0 Å². The molecule has 76 valence electrons. The number of halogens is 2. The third-order valence-electron chi connectivity index (χ3n) is 1.76. The van der Waals surface area contributed by atoms with Gasteiger partial charge in [-0.25, -0.2) is 13.6 Å². The average molecular weight is 201 g/mol. The summed E-state index contributed by atoms with van der Waals surface area (Å²) in [5.41, 5.74) is -0.638. The van der Waals surface area contributed by atoms with Gasteiger partial charge in [0.1, 0.15) is 17.2 Å². The maximum Gasteiger partial charge on any atom is 0.341 e. The first-order valence-corrected chi connectivity index (χ1v) is 3.83. The van der Waals surface area contributed by atoms with E-state index >= 15 is 0 Å². The number of nitrogens with zero attached hydrogens (tertiary/aromatic N) is 1. The van der Waals surface area contributed by atoms with Gasteiger partial charge in [0.25, 0.3) is 0 Å². The zero-order chi connectivity index (χ0) is 10.9. The second-order valence-electron chi connectivity index (χ2n) is 2.98. The van der Waals surface area contributed by atoms with Gasteiger partial charge in [-0.05, 0) is 12.1 Å². The van der Waals surface area contributed by atoms with Crippen molar-refractivity contribution in [2.45, 2.75) is 0 Å². The predicted octanol–water partition coefficient (Wildman–Crippen LogP) is 1.73. The van der Waals surface area contributed by atoms with Gasteiger partial charge in [-0.2, -0.15) is 0 Å². The van der Waals surface area contributed by atoms with Crippen molar-refractivity contribution in [3.05, 3.63) is 29.3 Å². The molecule has 0 unspecified atom stereocenters. The molecule has 1 aromatic carbocycles. The number of carbonyl (C=O) groups is 1. The number of benzene rings is 1. The van der Waals surface area contributed by atoms with Crippen molar-refractivity contribution in [3.8, 4) is 0 Å². The van der Waals surface area contributed by atoms with Crippen LogP contribution in [0.15, 0.2) is 12.1 Å². The van der Waals surface area contributed by atoms with Crippen LogP contribution in [0.5, 0.6) is 0 Å². The van der Waals surface area contributed by atoms with Crippen LogP contribution in [0, 0.1) is 11.6 Å². The Bertz CT molecular complexity index is 354. The van der Waals surface area contributed by atoms with E-state index in [0.29, 0.717) is 0 Å². The van der Waals surface area contributed by atoms with Crippen LogP contribution >= 0.6 is 0 Å². The Hall–Kier alpha value is -1.65. The van der Waals surface area contributed by atoms with E-state index in [1.807, 2.05) is 0 Å². The van der Waals surface area contributed by atoms with Gasteiger partial charge >= 0.3 is 5.97 Å². The number of hydrogen-bond donors (Lipinski definition) is 1. The summed E-state index contributed by atoms with van der Waals surface area (Å²) in [4.78, 5) is 11.9. The van der Waals surface area contributed by atoms with Crippen LogP contribution in [0.4, 0.5) is 14.5 Å². The van der Waals surface area contributed by atoms with Crippen LogP contribution < -0.4 is 4.90 Å². The van der Waals surface area contributed by atoms with E-state index in [2.05, 4.69) is 0 Å². The van der Waals surface area contributed by atoms with Gasteiger partial charge in [0.15, 0.2) is 0 Å². The Morgan fingerprint density at radius 3 is 2.00 bits per heavy atom. The standard InChI is InChI=1S/C9H9F2NO2/c1-12(2)5-3-6(10)8(9(13)14)7(11)4-5/h3-4H,1-2H3,(H,13,14). The maximum atomic E-state index is 13.1. The predicted molar refractivity (Wildman–Crippen MR) is 47.6 cm³/mol. The molecule has 0 spiro atoms. The summed E-state index contributed by atoms with van der Waals surface area (Å²) >= 11 is 0. The molecule has 1 N–H and O–H groups in total. The Morgan fingerprint density at radius 2 is 1.71 bits per heavy atom. The highest BCUT2D eigenvalue weighted by molar-refractivity contribution is 5.88. The molecule has 0 atom stereocenters. The van der Waals surface area contributed by atoms with E-state index in [9.17, 15) is 13.6 Å². The smallest absolute Gasteiger partial charge is 0.341 e. The molecule has 1 rings (SSSR count). The molecular formula is C9H9F2NO2. The molecule has 0 amide bonds. The molecule has 0 saturated carbocycles. The quantitative estimate of drug-likeness (QED) is 0.792. The van der Waals surface area contributed by atoms with Crippen molar-refractivity contribution < 1.29 is 18.7 Å². The van der Waals surface area contributed by atoms with Crippen LogP contribution in [0.25, 0.3) is 0 Å². The van der Waals surface area contributed by atoms with Gasteiger partial charge in [-0.1, -0.05) is 0 Å². The first kappa shape index (κ1) is 10.4. The van der Waals surface area contributed by atoms with Crippen molar-refractivity contribution in [1.82, 2.24) is 0 Å². The third-order valence-corrected chi connectivity index (χ3v) is 1.76. The Balaban J connectivity index is 3.32. The number of carboxylic acid groups (broad SMARTS) is 1. The van der Waals surface area contributed by atoms with E-state index in [4.69, 9.17) is 5.11 Å². The summed E-state index contributed by atoms with van der Waals surface area (Å²) in [7, 11) is 3.21. The lowest BCUT2D eigenvalue weighted by atomic mass is 10.1. The summed E-state index contributed by atoms with van der Waals surface area (Å²) in [6.07, 6.45) is 0. The lowest BCUT2D eigenvalue weighted by Crippen LogP contribution is -2.12. The van der Waals surface area contributed by atoms with Crippen LogP contribution in [0.3, 0.4) is 0 Å². The van der Waals surface area contributed by atoms with Crippen molar-refractivity contribution in [2.24, 2.45) is 0 Å². The number of carboxylic acids is 1. The monoisotopic (exact) mass is 201 g/mol. The SMILES string of the molecule is CN(C)c1cc(F)c(C(=O)O)c(F)c1. The Morgan fingerprint density at radius 1 is 1.29 bits per heavy atom. The van der Waals surface area contributed by atoms with Crippen molar-refractivity contribution in [1.29, 1.82) is 0 Å². The lowest BCUT2D eigenvalue weighted by Gasteiger charge is -2.13. The second kappa shape index (κ2) is 3.61. The highest BCUT2D eigenvalue weighted by atomic mass is 19.1. The molecule has 0 aromatic heterocycles. The molecule has 0 saturated heterocycles. The first-order chi connectivity index (χ1) is 6.43. The zero-order valence-corrected chi connectivity index (χ0v) is 7.71.